The third kappa shape index (κ3) is 2.97. The van der Waals surface area contributed by atoms with Crippen molar-refractivity contribution >= 4 is 17.3 Å². The number of hydrazine groups is 1. The predicted octanol–water partition coefficient (Wildman–Crippen LogP) is -1.14. The number of hydrogen-bond acceptors (Lipinski definition) is 8. The van der Waals surface area contributed by atoms with E-state index in [0.29, 0.717) is 12.6 Å². The summed E-state index contributed by atoms with van der Waals surface area (Å²) in [5.41, 5.74) is 0.754. The second kappa shape index (κ2) is 6.21. The predicted molar refractivity (Wildman–Crippen MR) is 90.1 cm³/mol. The van der Waals surface area contributed by atoms with Gasteiger partial charge in [0.2, 0.25) is 0 Å². The van der Waals surface area contributed by atoms with E-state index < -0.39 is 0 Å². The number of aromatic nitrogens is 4. The minimum absolute atomic E-state index is 0.410. The fraction of sp³-hybridized carbons (Fsp3) is 0.571. The van der Waals surface area contributed by atoms with Crippen LogP contribution in [0.3, 0.4) is 0 Å². The van der Waals surface area contributed by atoms with Crippen LogP contribution in [-0.4, -0.2) is 74.3 Å². The number of nitrogens with zero attached hydrogens (tertiary/aromatic N) is 8. The standard InChI is InChI=1S/C14H22N10/c15-18-14(24(16)11-1-2-11)9-21-5-7-22(8-6-21)13-4-3-12-19-17-10-23(12)20-13/h3-4,10-11H,1-2,5-9,15-16H2/b18-14-. The Balaban J connectivity index is 1.35. The Labute approximate surface area is 139 Å². The van der Waals surface area contributed by atoms with Crippen molar-refractivity contribution in [3.63, 3.8) is 0 Å². The third-order valence-corrected chi connectivity index (χ3v) is 4.60. The zero-order chi connectivity index (χ0) is 16.5. The van der Waals surface area contributed by atoms with E-state index in [2.05, 4.69) is 30.2 Å². The van der Waals surface area contributed by atoms with Crippen LogP contribution < -0.4 is 16.6 Å². The summed E-state index contributed by atoms with van der Waals surface area (Å²) in [6.45, 7) is 4.31. The molecule has 2 aromatic rings. The smallest absolute Gasteiger partial charge is 0.177 e. The van der Waals surface area contributed by atoms with Gasteiger partial charge in [-0.3, -0.25) is 9.91 Å². The average molecular weight is 330 g/mol. The Bertz CT molecular complexity index is 728. The Hall–Kier alpha value is -2.46. The quantitative estimate of drug-likeness (QED) is 0.312. The van der Waals surface area contributed by atoms with E-state index in [4.69, 9.17) is 11.7 Å². The number of nitrogens with two attached hydrogens (primary N) is 2. The largest absolute Gasteiger partial charge is 0.353 e. The molecule has 0 bridgehead atoms. The van der Waals surface area contributed by atoms with Gasteiger partial charge in [0.05, 0.1) is 6.54 Å². The molecule has 10 heteroatoms. The number of anilines is 1. The van der Waals surface area contributed by atoms with Gasteiger partial charge in [0.25, 0.3) is 0 Å². The SMILES string of the molecule is N/N=C(/CN1CCN(c2ccc3nncn3n2)CC1)N(N)C1CC1. The average Bonchev–Trinajstić information content (AvgIpc) is 3.37. The Morgan fingerprint density at radius 2 is 2.04 bits per heavy atom. The van der Waals surface area contributed by atoms with Crippen molar-refractivity contribution in [2.75, 3.05) is 37.6 Å². The highest BCUT2D eigenvalue weighted by Crippen LogP contribution is 2.24. The molecule has 1 aliphatic heterocycles. The van der Waals surface area contributed by atoms with Gasteiger partial charge >= 0.3 is 0 Å². The van der Waals surface area contributed by atoms with Crippen molar-refractivity contribution in [2.45, 2.75) is 18.9 Å². The molecule has 24 heavy (non-hydrogen) atoms. The summed E-state index contributed by atoms with van der Waals surface area (Å²) in [7, 11) is 0. The molecule has 0 amide bonds. The Morgan fingerprint density at radius 3 is 2.75 bits per heavy atom. The van der Waals surface area contributed by atoms with Crippen molar-refractivity contribution in [2.24, 2.45) is 16.8 Å². The van der Waals surface area contributed by atoms with Gasteiger partial charge in [-0.15, -0.1) is 15.3 Å². The van der Waals surface area contributed by atoms with Crippen LogP contribution in [0.5, 0.6) is 0 Å². The molecule has 2 aliphatic rings. The van der Waals surface area contributed by atoms with Crippen LogP contribution in [0.4, 0.5) is 5.82 Å². The molecule has 1 saturated carbocycles. The molecule has 4 rings (SSSR count). The first-order valence-electron chi connectivity index (χ1n) is 8.19. The van der Waals surface area contributed by atoms with E-state index in [-0.39, 0.29) is 0 Å². The van der Waals surface area contributed by atoms with Gasteiger partial charge in [-0.2, -0.15) is 9.62 Å². The fourth-order valence-corrected chi connectivity index (χ4v) is 2.97. The summed E-state index contributed by atoms with van der Waals surface area (Å²) in [4.78, 5) is 4.58. The zero-order valence-electron chi connectivity index (χ0n) is 13.5. The Kier molecular flexibility index (Phi) is 3.90. The minimum atomic E-state index is 0.410. The van der Waals surface area contributed by atoms with Crippen molar-refractivity contribution < 1.29 is 0 Å². The summed E-state index contributed by atoms with van der Waals surface area (Å²) >= 11 is 0. The number of rotatable bonds is 4. The van der Waals surface area contributed by atoms with Crippen LogP contribution in [0.1, 0.15) is 12.8 Å². The number of fused-ring (bicyclic) bond motifs is 1. The molecule has 0 radical (unpaired) electrons. The molecule has 2 fully saturated rings. The lowest BCUT2D eigenvalue weighted by molar-refractivity contribution is 0.275. The molecule has 0 aromatic carbocycles. The highest BCUT2D eigenvalue weighted by molar-refractivity contribution is 5.84. The van der Waals surface area contributed by atoms with Gasteiger partial charge in [-0.25, -0.2) is 5.84 Å². The fourth-order valence-electron chi connectivity index (χ4n) is 2.97. The highest BCUT2D eigenvalue weighted by Gasteiger charge is 2.30. The van der Waals surface area contributed by atoms with Crippen LogP contribution >= 0.6 is 0 Å². The lowest BCUT2D eigenvalue weighted by atomic mass is 10.3. The number of hydrazone groups is 1. The van der Waals surface area contributed by atoms with E-state index in [0.717, 1.165) is 56.3 Å². The van der Waals surface area contributed by atoms with Gasteiger partial charge in [0, 0.05) is 32.2 Å². The van der Waals surface area contributed by atoms with Crippen LogP contribution in [0.25, 0.3) is 5.65 Å². The highest BCUT2D eigenvalue weighted by atomic mass is 15.5. The van der Waals surface area contributed by atoms with Gasteiger partial charge in [0.15, 0.2) is 11.5 Å². The zero-order valence-corrected chi connectivity index (χ0v) is 13.5. The van der Waals surface area contributed by atoms with Crippen molar-refractivity contribution in [1.29, 1.82) is 0 Å². The maximum Gasteiger partial charge on any atom is 0.177 e. The van der Waals surface area contributed by atoms with Gasteiger partial charge in [0.1, 0.15) is 12.1 Å². The Morgan fingerprint density at radius 1 is 1.25 bits per heavy atom. The van der Waals surface area contributed by atoms with E-state index in [1.54, 1.807) is 15.9 Å². The summed E-state index contributed by atoms with van der Waals surface area (Å²) in [5.74, 6) is 13.3. The summed E-state index contributed by atoms with van der Waals surface area (Å²) in [6, 6.07) is 4.33. The molecule has 0 atom stereocenters. The lowest BCUT2D eigenvalue weighted by Crippen LogP contribution is -2.52. The monoisotopic (exact) mass is 330 g/mol. The molecule has 1 aliphatic carbocycles. The molecule has 4 N–H and O–H groups in total. The molecule has 128 valence electrons. The first-order chi connectivity index (χ1) is 11.7. The van der Waals surface area contributed by atoms with E-state index in [9.17, 15) is 0 Å². The van der Waals surface area contributed by atoms with Crippen LogP contribution in [0.2, 0.25) is 0 Å². The van der Waals surface area contributed by atoms with Crippen molar-refractivity contribution in [1.82, 2.24) is 29.7 Å². The second-order valence-electron chi connectivity index (χ2n) is 6.27. The number of amidine groups is 1. The molecule has 1 saturated heterocycles. The molecule has 0 unspecified atom stereocenters. The van der Waals surface area contributed by atoms with Gasteiger partial charge in [-0.05, 0) is 25.0 Å². The first kappa shape index (κ1) is 15.1. The number of piperazine rings is 1. The molecule has 2 aromatic heterocycles. The maximum atomic E-state index is 6.07. The minimum Gasteiger partial charge on any atom is -0.353 e. The molecule has 10 nitrogen and oxygen atoms in total. The maximum absolute atomic E-state index is 6.07. The number of hydrogen-bond donors (Lipinski definition) is 2. The molecule has 3 heterocycles. The first-order valence-corrected chi connectivity index (χ1v) is 8.19. The molecule has 0 spiro atoms. The van der Waals surface area contributed by atoms with Crippen LogP contribution in [0, 0.1) is 0 Å². The molecular weight excluding hydrogens is 308 g/mol. The van der Waals surface area contributed by atoms with E-state index in [1.165, 1.54) is 0 Å². The van der Waals surface area contributed by atoms with Gasteiger partial charge < -0.3 is 10.7 Å². The van der Waals surface area contributed by atoms with Gasteiger partial charge in [-0.1, -0.05) is 0 Å². The lowest BCUT2D eigenvalue weighted by Gasteiger charge is -2.36. The topological polar surface area (TPSA) is 117 Å². The third-order valence-electron chi connectivity index (χ3n) is 4.60. The summed E-state index contributed by atoms with van der Waals surface area (Å²) in [6.07, 6.45) is 3.87. The van der Waals surface area contributed by atoms with Crippen LogP contribution in [-0.2, 0) is 0 Å². The normalized spacial score (nSPS) is 19.9. The van der Waals surface area contributed by atoms with E-state index in [1.807, 2.05) is 12.1 Å². The van der Waals surface area contributed by atoms with Crippen LogP contribution in [0.15, 0.2) is 23.6 Å². The van der Waals surface area contributed by atoms with Crippen molar-refractivity contribution in [3.05, 3.63) is 18.5 Å². The molecular formula is C14H22N10. The van der Waals surface area contributed by atoms with E-state index >= 15 is 0 Å². The summed E-state index contributed by atoms with van der Waals surface area (Å²) in [5, 5.41) is 18.0. The summed E-state index contributed by atoms with van der Waals surface area (Å²) < 4.78 is 1.70. The van der Waals surface area contributed by atoms with Crippen molar-refractivity contribution in [3.8, 4) is 0 Å². The second-order valence-corrected chi connectivity index (χ2v) is 6.27.